The Labute approximate surface area is 117 Å². The van der Waals surface area contributed by atoms with Crippen LogP contribution in [0.15, 0.2) is 47.9 Å². The molecule has 0 unspecified atom stereocenters. The second-order valence-electron chi connectivity index (χ2n) is 4.52. The van der Waals surface area contributed by atoms with Gasteiger partial charge in [-0.25, -0.2) is 9.97 Å². The van der Waals surface area contributed by atoms with Crippen molar-refractivity contribution in [2.24, 2.45) is 0 Å². The van der Waals surface area contributed by atoms with Crippen LogP contribution < -0.4 is 0 Å². The molecule has 0 N–H and O–H groups in total. The van der Waals surface area contributed by atoms with E-state index in [2.05, 4.69) is 23.8 Å². The van der Waals surface area contributed by atoms with E-state index in [-0.39, 0.29) is 5.78 Å². The molecule has 19 heavy (non-hydrogen) atoms. The summed E-state index contributed by atoms with van der Waals surface area (Å²) in [5.74, 6) is 0.953. The average molecular weight is 272 g/mol. The second kappa shape index (κ2) is 6.48. The molecule has 0 aliphatic carbocycles. The molecule has 2 rings (SSSR count). The van der Waals surface area contributed by atoms with Crippen LogP contribution in [-0.4, -0.2) is 21.5 Å². The van der Waals surface area contributed by atoms with Crippen molar-refractivity contribution in [3.05, 3.63) is 53.9 Å². The van der Waals surface area contributed by atoms with E-state index in [1.807, 2.05) is 24.3 Å². The van der Waals surface area contributed by atoms with E-state index in [4.69, 9.17) is 0 Å². The normalized spacial score (nSPS) is 10.7. The zero-order valence-electron chi connectivity index (χ0n) is 11.0. The quantitative estimate of drug-likeness (QED) is 0.474. The lowest BCUT2D eigenvalue weighted by molar-refractivity contribution is 0.102. The van der Waals surface area contributed by atoms with Gasteiger partial charge in [0.15, 0.2) is 10.9 Å². The zero-order valence-corrected chi connectivity index (χ0v) is 11.9. The number of nitrogens with zero attached hydrogens (tertiary/aromatic N) is 2. The lowest BCUT2D eigenvalue weighted by Crippen LogP contribution is -2.03. The molecule has 0 aliphatic rings. The molecule has 0 atom stereocenters. The molecule has 2 aromatic rings. The number of thioether (sulfide) groups is 1. The fraction of sp³-hybridized carbons (Fsp3) is 0.267. The number of Topliss-reactive ketones (excluding diaryl/α,β-unsaturated/α-hetero) is 1. The summed E-state index contributed by atoms with van der Waals surface area (Å²) in [6.07, 6.45) is 3.36. The Balaban J connectivity index is 1.96. The van der Waals surface area contributed by atoms with Gasteiger partial charge in [0, 0.05) is 18.0 Å². The van der Waals surface area contributed by atoms with Crippen molar-refractivity contribution >= 4 is 17.5 Å². The number of aromatic nitrogens is 2. The fourth-order valence-electron chi connectivity index (χ4n) is 1.63. The molecule has 0 spiro atoms. The SMILES string of the molecule is CC(C)c1ccc(C(=O)CSc2ncccn2)cc1. The van der Waals surface area contributed by atoms with E-state index in [1.54, 1.807) is 18.5 Å². The highest BCUT2D eigenvalue weighted by Gasteiger charge is 2.08. The topological polar surface area (TPSA) is 42.9 Å². The molecular formula is C15H16N2OS. The van der Waals surface area contributed by atoms with Crippen molar-refractivity contribution in [1.82, 2.24) is 9.97 Å². The summed E-state index contributed by atoms with van der Waals surface area (Å²) in [4.78, 5) is 20.2. The zero-order chi connectivity index (χ0) is 13.7. The number of carbonyl (C=O) groups is 1. The van der Waals surface area contributed by atoms with Crippen LogP contribution >= 0.6 is 11.8 Å². The predicted molar refractivity (Wildman–Crippen MR) is 77.6 cm³/mol. The number of rotatable bonds is 5. The Bertz CT molecular complexity index is 538. The first kappa shape index (κ1) is 13.7. The van der Waals surface area contributed by atoms with Gasteiger partial charge in [-0.15, -0.1) is 0 Å². The standard InChI is InChI=1S/C15H16N2OS/c1-11(2)12-4-6-13(7-5-12)14(18)10-19-15-16-8-3-9-17-15/h3-9,11H,10H2,1-2H3. The minimum atomic E-state index is 0.104. The lowest BCUT2D eigenvalue weighted by Gasteiger charge is -2.06. The van der Waals surface area contributed by atoms with Gasteiger partial charge >= 0.3 is 0 Å². The molecule has 4 heteroatoms. The van der Waals surface area contributed by atoms with Crippen molar-refractivity contribution < 1.29 is 4.79 Å². The van der Waals surface area contributed by atoms with Crippen LogP contribution in [0.3, 0.4) is 0 Å². The third-order valence-electron chi connectivity index (χ3n) is 2.77. The summed E-state index contributed by atoms with van der Waals surface area (Å²) in [7, 11) is 0. The van der Waals surface area contributed by atoms with Gasteiger partial charge in [0.25, 0.3) is 0 Å². The maximum atomic E-state index is 12.0. The van der Waals surface area contributed by atoms with Crippen molar-refractivity contribution in [3.63, 3.8) is 0 Å². The van der Waals surface area contributed by atoms with E-state index < -0.39 is 0 Å². The maximum Gasteiger partial charge on any atom is 0.187 e. The Morgan fingerprint density at radius 1 is 1.16 bits per heavy atom. The Morgan fingerprint density at radius 2 is 1.79 bits per heavy atom. The number of ketones is 1. The molecular weight excluding hydrogens is 256 g/mol. The van der Waals surface area contributed by atoms with Crippen molar-refractivity contribution in [2.75, 3.05) is 5.75 Å². The molecule has 0 aliphatic heterocycles. The van der Waals surface area contributed by atoms with Gasteiger partial charge in [0.2, 0.25) is 0 Å². The van der Waals surface area contributed by atoms with Gasteiger partial charge in [-0.1, -0.05) is 49.9 Å². The van der Waals surface area contributed by atoms with Gasteiger partial charge in [0.1, 0.15) is 0 Å². The molecule has 0 saturated heterocycles. The first-order valence-corrected chi connectivity index (χ1v) is 7.18. The van der Waals surface area contributed by atoms with E-state index in [0.29, 0.717) is 16.8 Å². The van der Waals surface area contributed by atoms with Gasteiger partial charge in [-0.3, -0.25) is 4.79 Å². The minimum absolute atomic E-state index is 0.104. The molecule has 1 aromatic carbocycles. The first-order chi connectivity index (χ1) is 9.16. The predicted octanol–water partition coefficient (Wildman–Crippen LogP) is 3.58. The smallest absolute Gasteiger partial charge is 0.187 e. The summed E-state index contributed by atoms with van der Waals surface area (Å²) < 4.78 is 0. The highest BCUT2D eigenvalue weighted by Crippen LogP contribution is 2.17. The minimum Gasteiger partial charge on any atom is -0.293 e. The number of benzene rings is 1. The molecule has 1 heterocycles. The van der Waals surface area contributed by atoms with Crippen LogP contribution in [0.5, 0.6) is 0 Å². The van der Waals surface area contributed by atoms with E-state index in [0.717, 1.165) is 5.56 Å². The Hall–Kier alpha value is -1.68. The van der Waals surface area contributed by atoms with Crippen molar-refractivity contribution in [2.45, 2.75) is 24.9 Å². The molecule has 98 valence electrons. The van der Waals surface area contributed by atoms with Crippen molar-refractivity contribution in [1.29, 1.82) is 0 Å². The second-order valence-corrected chi connectivity index (χ2v) is 5.46. The van der Waals surface area contributed by atoms with Crippen LogP contribution in [0.25, 0.3) is 0 Å². The Morgan fingerprint density at radius 3 is 2.37 bits per heavy atom. The highest BCUT2D eigenvalue weighted by molar-refractivity contribution is 7.99. The summed E-state index contributed by atoms with van der Waals surface area (Å²) in [5.41, 5.74) is 1.99. The summed E-state index contributed by atoms with van der Waals surface area (Å²) in [6, 6.07) is 9.58. The number of carbonyl (C=O) groups excluding carboxylic acids is 1. The molecule has 1 aromatic heterocycles. The van der Waals surface area contributed by atoms with Crippen LogP contribution in [-0.2, 0) is 0 Å². The molecule has 0 saturated carbocycles. The van der Waals surface area contributed by atoms with Crippen LogP contribution in [0, 0.1) is 0 Å². The molecule has 0 bridgehead atoms. The fourth-order valence-corrected chi connectivity index (χ4v) is 2.32. The van der Waals surface area contributed by atoms with E-state index in [9.17, 15) is 4.79 Å². The summed E-state index contributed by atoms with van der Waals surface area (Å²) in [6.45, 7) is 4.28. The number of hydrogen-bond acceptors (Lipinski definition) is 4. The van der Waals surface area contributed by atoms with Crippen LogP contribution in [0.2, 0.25) is 0 Å². The van der Waals surface area contributed by atoms with Crippen LogP contribution in [0.4, 0.5) is 0 Å². The summed E-state index contributed by atoms with van der Waals surface area (Å²) in [5, 5.41) is 0.634. The molecule has 3 nitrogen and oxygen atoms in total. The van der Waals surface area contributed by atoms with E-state index >= 15 is 0 Å². The highest BCUT2D eigenvalue weighted by atomic mass is 32.2. The van der Waals surface area contributed by atoms with Crippen molar-refractivity contribution in [3.8, 4) is 0 Å². The maximum absolute atomic E-state index is 12.0. The summed E-state index contributed by atoms with van der Waals surface area (Å²) >= 11 is 1.36. The molecule has 0 amide bonds. The van der Waals surface area contributed by atoms with Gasteiger partial charge in [0.05, 0.1) is 5.75 Å². The first-order valence-electron chi connectivity index (χ1n) is 6.20. The average Bonchev–Trinajstić information content (AvgIpc) is 2.46. The molecule has 0 radical (unpaired) electrons. The lowest BCUT2D eigenvalue weighted by atomic mass is 10.0. The molecule has 0 fully saturated rings. The third-order valence-corrected chi connectivity index (χ3v) is 3.65. The van der Waals surface area contributed by atoms with E-state index in [1.165, 1.54) is 17.3 Å². The third kappa shape index (κ3) is 3.89. The van der Waals surface area contributed by atoms with Crippen LogP contribution in [0.1, 0.15) is 35.7 Å². The largest absolute Gasteiger partial charge is 0.293 e. The Kier molecular flexibility index (Phi) is 4.68. The van der Waals surface area contributed by atoms with Gasteiger partial charge in [-0.05, 0) is 17.5 Å². The monoisotopic (exact) mass is 272 g/mol. The number of hydrogen-bond donors (Lipinski definition) is 0. The van der Waals surface area contributed by atoms with Gasteiger partial charge < -0.3 is 0 Å². The van der Waals surface area contributed by atoms with Gasteiger partial charge in [-0.2, -0.15) is 0 Å².